The summed E-state index contributed by atoms with van der Waals surface area (Å²) >= 11 is 7.53. The number of fused-ring (bicyclic) bond motifs is 1. The fraction of sp³-hybridized carbons (Fsp3) is 0.300. The van der Waals surface area contributed by atoms with Gasteiger partial charge >= 0.3 is 0 Å². The van der Waals surface area contributed by atoms with Crippen molar-refractivity contribution in [1.29, 1.82) is 0 Å². The summed E-state index contributed by atoms with van der Waals surface area (Å²) in [6.07, 6.45) is 0. The highest BCUT2D eigenvalue weighted by molar-refractivity contribution is 7.22. The molecule has 1 heterocycles. The number of ether oxygens (including phenoxy) is 1. The molecule has 0 fully saturated rings. The summed E-state index contributed by atoms with van der Waals surface area (Å²) in [5, 5.41) is 1.32. The number of amides is 1. The number of anilines is 1. The minimum atomic E-state index is -0.123. The second-order valence-corrected chi connectivity index (χ2v) is 8.00. The minimum Gasteiger partial charge on any atom is -0.484 e. The number of likely N-dealkylation sites (N-methyl/N-ethyl adjacent to an activating group) is 1. The molecule has 5 nitrogen and oxygen atoms in total. The van der Waals surface area contributed by atoms with E-state index in [1.165, 1.54) is 11.3 Å². The molecule has 1 aromatic heterocycles. The van der Waals surface area contributed by atoms with E-state index < -0.39 is 0 Å². The number of halogens is 2. The molecule has 0 aliphatic rings. The number of thiazole rings is 1. The van der Waals surface area contributed by atoms with Crippen LogP contribution in [0.2, 0.25) is 5.02 Å². The van der Waals surface area contributed by atoms with Crippen molar-refractivity contribution >= 4 is 56.6 Å². The summed E-state index contributed by atoms with van der Waals surface area (Å²) in [6, 6.07) is 13.2. The van der Waals surface area contributed by atoms with Crippen LogP contribution in [0.3, 0.4) is 0 Å². The van der Waals surface area contributed by atoms with Crippen molar-refractivity contribution < 1.29 is 9.53 Å². The van der Waals surface area contributed by atoms with Crippen molar-refractivity contribution in [2.45, 2.75) is 6.92 Å². The molecule has 3 aromatic rings. The molecule has 0 saturated carbocycles. The second-order valence-electron chi connectivity index (χ2n) is 6.56. The van der Waals surface area contributed by atoms with E-state index in [0.29, 0.717) is 22.4 Å². The lowest BCUT2D eigenvalue weighted by Gasteiger charge is -2.22. The molecule has 0 bridgehead atoms. The van der Waals surface area contributed by atoms with Crippen LogP contribution >= 0.6 is 35.3 Å². The smallest absolute Gasteiger partial charge is 0.266 e. The molecule has 0 saturated heterocycles. The monoisotopic (exact) mass is 439 g/mol. The van der Waals surface area contributed by atoms with Gasteiger partial charge in [-0.2, -0.15) is 0 Å². The Hall–Kier alpha value is -1.86. The quantitative estimate of drug-likeness (QED) is 0.537. The molecule has 150 valence electrons. The number of carbonyl (C=O) groups excluding carboxylic acids is 1. The summed E-state index contributed by atoms with van der Waals surface area (Å²) in [4.78, 5) is 21.2. The third kappa shape index (κ3) is 5.82. The molecule has 0 atom stereocenters. The number of hydrogen-bond donors (Lipinski definition) is 0. The van der Waals surface area contributed by atoms with Gasteiger partial charge in [-0.1, -0.05) is 40.6 Å². The lowest BCUT2D eigenvalue weighted by molar-refractivity contribution is -0.120. The molecular formula is C20H23Cl2N3O2S. The minimum absolute atomic E-state index is 0. The molecule has 0 aliphatic carbocycles. The van der Waals surface area contributed by atoms with Crippen molar-refractivity contribution in [2.75, 3.05) is 38.7 Å². The van der Waals surface area contributed by atoms with Gasteiger partial charge < -0.3 is 9.64 Å². The maximum absolute atomic E-state index is 12.9. The molecule has 0 radical (unpaired) electrons. The van der Waals surface area contributed by atoms with Gasteiger partial charge in [-0.05, 0) is 51.4 Å². The maximum atomic E-state index is 12.9. The Bertz CT molecular complexity index is 929. The Morgan fingerprint density at radius 1 is 1.14 bits per heavy atom. The number of nitrogens with zero attached hydrogens (tertiary/aromatic N) is 3. The van der Waals surface area contributed by atoms with Gasteiger partial charge in [0.1, 0.15) is 5.75 Å². The highest BCUT2D eigenvalue weighted by Crippen LogP contribution is 2.30. The predicted octanol–water partition coefficient (Wildman–Crippen LogP) is 4.65. The number of aromatic nitrogens is 1. The van der Waals surface area contributed by atoms with Crippen LogP contribution in [-0.4, -0.2) is 49.6 Å². The Morgan fingerprint density at radius 3 is 2.54 bits per heavy atom. The Morgan fingerprint density at radius 2 is 1.86 bits per heavy atom. The molecule has 0 aliphatic heterocycles. The maximum Gasteiger partial charge on any atom is 0.266 e. The van der Waals surface area contributed by atoms with Crippen molar-refractivity contribution in [3.63, 3.8) is 0 Å². The molecule has 3 rings (SSSR count). The lowest BCUT2D eigenvalue weighted by Crippen LogP contribution is -2.39. The highest BCUT2D eigenvalue weighted by Gasteiger charge is 2.20. The van der Waals surface area contributed by atoms with Gasteiger partial charge in [-0.15, -0.1) is 12.4 Å². The Balaban J connectivity index is 0.00000280. The Kier molecular flexibility index (Phi) is 8.07. The van der Waals surface area contributed by atoms with Crippen LogP contribution in [0, 0.1) is 6.92 Å². The third-order valence-electron chi connectivity index (χ3n) is 4.03. The van der Waals surface area contributed by atoms with Gasteiger partial charge in [0, 0.05) is 18.1 Å². The van der Waals surface area contributed by atoms with Gasteiger partial charge in [-0.25, -0.2) is 4.98 Å². The lowest BCUT2D eigenvalue weighted by atomic mass is 10.2. The van der Waals surface area contributed by atoms with Crippen LogP contribution in [0.15, 0.2) is 42.5 Å². The molecule has 28 heavy (non-hydrogen) atoms. The van der Waals surface area contributed by atoms with Crippen LogP contribution in [-0.2, 0) is 4.79 Å². The molecule has 2 aromatic carbocycles. The zero-order valence-electron chi connectivity index (χ0n) is 16.0. The number of hydrogen-bond acceptors (Lipinski definition) is 5. The second kappa shape index (κ2) is 10.1. The van der Waals surface area contributed by atoms with Crippen LogP contribution in [0.5, 0.6) is 5.75 Å². The first-order valence-electron chi connectivity index (χ1n) is 8.63. The van der Waals surface area contributed by atoms with Crippen LogP contribution < -0.4 is 9.64 Å². The fourth-order valence-corrected chi connectivity index (χ4v) is 3.77. The fourth-order valence-electron chi connectivity index (χ4n) is 2.49. The molecular weight excluding hydrogens is 417 g/mol. The number of benzene rings is 2. The first kappa shape index (κ1) is 22.4. The van der Waals surface area contributed by atoms with E-state index in [2.05, 4.69) is 4.98 Å². The number of carbonyl (C=O) groups is 1. The van der Waals surface area contributed by atoms with Crippen molar-refractivity contribution in [1.82, 2.24) is 9.88 Å². The molecule has 0 spiro atoms. The normalized spacial score (nSPS) is 10.8. The average Bonchev–Trinajstić information content (AvgIpc) is 3.03. The summed E-state index contributed by atoms with van der Waals surface area (Å²) in [6.45, 7) is 3.24. The van der Waals surface area contributed by atoms with Gasteiger partial charge in [0.15, 0.2) is 11.7 Å². The zero-order chi connectivity index (χ0) is 19.4. The third-order valence-corrected chi connectivity index (χ3v) is 5.30. The molecule has 0 N–H and O–H groups in total. The van der Waals surface area contributed by atoms with E-state index in [-0.39, 0.29) is 24.9 Å². The average molecular weight is 440 g/mol. The van der Waals surface area contributed by atoms with E-state index in [4.69, 9.17) is 16.3 Å². The van der Waals surface area contributed by atoms with Crippen molar-refractivity contribution in [2.24, 2.45) is 0 Å². The van der Waals surface area contributed by atoms with E-state index in [1.54, 1.807) is 11.0 Å². The molecule has 8 heteroatoms. The highest BCUT2D eigenvalue weighted by atomic mass is 35.5. The van der Waals surface area contributed by atoms with Crippen LogP contribution in [0.4, 0.5) is 5.13 Å². The van der Waals surface area contributed by atoms with Crippen molar-refractivity contribution in [3.05, 3.63) is 53.1 Å². The summed E-state index contributed by atoms with van der Waals surface area (Å²) in [5.41, 5.74) is 1.98. The topological polar surface area (TPSA) is 45.7 Å². The van der Waals surface area contributed by atoms with E-state index >= 15 is 0 Å². The van der Waals surface area contributed by atoms with Crippen LogP contribution in [0.25, 0.3) is 10.2 Å². The summed E-state index contributed by atoms with van der Waals surface area (Å²) in [5.74, 6) is 0.556. The standard InChI is InChI=1S/C20H22ClN3O2S.ClH/c1-14-4-7-16(8-5-14)26-13-19(25)24(11-10-23(2)3)20-22-17-9-6-15(21)12-18(17)27-20;/h4-9,12H,10-11,13H2,1-3H3;1H. The van der Waals surface area contributed by atoms with Gasteiger partial charge in [-0.3, -0.25) is 9.69 Å². The van der Waals surface area contributed by atoms with Gasteiger partial charge in [0.25, 0.3) is 5.91 Å². The summed E-state index contributed by atoms with van der Waals surface area (Å²) in [7, 11) is 3.95. The first-order chi connectivity index (χ1) is 12.9. The van der Waals surface area contributed by atoms with Gasteiger partial charge in [0.05, 0.1) is 10.2 Å². The largest absolute Gasteiger partial charge is 0.484 e. The van der Waals surface area contributed by atoms with E-state index in [0.717, 1.165) is 22.3 Å². The number of rotatable bonds is 7. The van der Waals surface area contributed by atoms with Gasteiger partial charge in [0.2, 0.25) is 0 Å². The Labute approximate surface area is 180 Å². The predicted molar refractivity (Wildman–Crippen MR) is 119 cm³/mol. The van der Waals surface area contributed by atoms with Crippen molar-refractivity contribution in [3.8, 4) is 5.75 Å². The van der Waals surface area contributed by atoms with Crippen LogP contribution in [0.1, 0.15) is 5.56 Å². The summed E-state index contributed by atoms with van der Waals surface area (Å²) < 4.78 is 6.63. The molecule has 1 amide bonds. The van der Waals surface area contributed by atoms with E-state index in [9.17, 15) is 4.79 Å². The van der Waals surface area contributed by atoms with E-state index in [1.807, 2.05) is 62.3 Å². The first-order valence-corrected chi connectivity index (χ1v) is 9.82. The SMILES string of the molecule is Cc1ccc(OCC(=O)N(CCN(C)C)c2nc3ccc(Cl)cc3s2)cc1.Cl. The number of aryl methyl sites for hydroxylation is 1. The molecule has 0 unspecified atom stereocenters. The zero-order valence-corrected chi connectivity index (χ0v) is 18.4.